The Morgan fingerprint density at radius 1 is 1.29 bits per heavy atom. The van der Waals surface area contributed by atoms with E-state index in [-0.39, 0.29) is 5.91 Å². The van der Waals surface area contributed by atoms with Gasteiger partial charge in [-0.15, -0.1) is 0 Å². The number of halogens is 2. The first-order valence-electron chi connectivity index (χ1n) is 6.87. The van der Waals surface area contributed by atoms with Crippen LogP contribution in [-0.2, 0) is 4.79 Å². The number of hydrogen-bond donors (Lipinski definition) is 0. The van der Waals surface area contributed by atoms with Gasteiger partial charge in [0.1, 0.15) is 5.75 Å². The van der Waals surface area contributed by atoms with Gasteiger partial charge in [0, 0.05) is 0 Å². The highest BCUT2D eigenvalue weighted by Crippen LogP contribution is 2.37. The fourth-order valence-corrected chi connectivity index (χ4v) is 5.46. The lowest BCUT2D eigenvalue weighted by atomic mass is 10.2. The second-order valence-corrected chi connectivity index (χ2v) is 8.56. The largest absolute Gasteiger partial charge is 0.494 e. The highest BCUT2D eigenvalue weighted by atomic mass is 127. The van der Waals surface area contributed by atoms with Crippen molar-refractivity contribution in [3.63, 3.8) is 0 Å². The fraction of sp³-hybridized carbons (Fsp3) is 0.0588. The molecule has 1 saturated heterocycles. The van der Waals surface area contributed by atoms with Gasteiger partial charge < -0.3 is 4.74 Å². The summed E-state index contributed by atoms with van der Waals surface area (Å²) in [6.45, 7) is 0. The molecule has 0 atom stereocenters. The van der Waals surface area contributed by atoms with Gasteiger partial charge in [-0.2, -0.15) is 0 Å². The molecule has 2 aromatic carbocycles. The molecule has 0 saturated carbocycles. The predicted molar refractivity (Wildman–Crippen MR) is 116 cm³/mol. The molecule has 1 fully saturated rings. The predicted octanol–water partition coefficient (Wildman–Crippen LogP) is 5.47. The molecule has 0 spiro atoms. The fourth-order valence-electron chi connectivity index (χ4n) is 2.28. The van der Waals surface area contributed by atoms with Gasteiger partial charge >= 0.3 is 0 Å². The summed E-state index contributed by atoms with van der Waals surface area (Å²) in [6, 6.07) is 13.3. The minimum absolute atomic E-state index is 0.0989. The standard InChI is InChI=1S/C17H11BrINO2S2/c1-22-15-12(18)7-10(8-13(15)19)9-14-16(21)20(17(23)24-14)11-5-3-2-4-6-11/h2-9H,1H3/b14-9+. The number of ether oxygens (including phenoxy) is 1. The Hall–Kier alpha value is -0.900. The van der Waals surface area contributed by atoms with E-state index < -0.39 is 0 Å². The van der Waals surface area contributed by atoms with Gasteiger partial charge in [-0.3, -0.25) is 9.69 Å². The third-order valence-corrected chi connectivity index (χ3v) is 6.02. The van der Waals surface area contributed by atoms with Crippen LogP contribution in [0.1, 0.15) is 5.56 Å². The number of para-hydroxylation sites is 1. The topological polar surface area (TPSA) is 29.5 Å². The van der Waals surface area contributed by atoms with Gasteiger partial charge in [-0.05, 0) is 74.4 Å². The minimum Gasteiger partial charge on any atom is -0.494 e. The van der Waals surface area contributed by atoms with Gasteiger partial charge in [0.25, 0.3) is 5.91 Å². The van der Waals surface area contributed by atoms with Crippen LogP contribution >= 0.6 is 62.5 Å². The average molecular weight is 532 g/mol. The lowest BCUT2D eigenvalue weighted by Crippen LogP contribution is -2.27. The third-order valence-electron chi connectivity index (χ3n) is 3.33. The van der Waals surface area contributed by atoms with Crippen molar-refractivity contribution in [3.05, 3.63) is 61.0 Å². The highest BCUT2D eigenvalue weighted by Gasteiger charge is 2.33. The van der Waals surface area contributed by atoms with Crippen LogP contribution in [0.2, 0.25) is 0 Å². The first-order valence-corrected chi connectivity index (χ1v) is 9.97. The molecular formula is C17H11BrINO2S2. The number of amides is 1. The third kappa shape index (κ3) is 3.54. The Bertz CT molecular complexity index is 832. The van der Waals surface area contributed by atoms with E-state index >= 15 is 0 Å². The first-order chi connectivity index (χ1) is 11.5. The number of benzene rings is 2. The van der Waals surface area contributed by atoms with Crippen molar-refractivity contribution in [2.75, 3.05) is 12.0 Å². The summed E-state index contributed by atoms with van der Waals surface area (Å²) in [5.74, 6) is 0.683. The van der Waals surface area contributed by atoms with Gasteiger partial charge in [0.2, 0.25) is 0 Å². The molecule has 1 aliphatic heterocycles. The van der Waals surface area contributed by atoms with Crippen LogP contribution in [0.15, 0.2) is 51.8 Å². The number of carbonyl (C=O) groups is 1. The number of carbonyl (C=O) groups excluding carboxylic acids is 1. The lowest BCUT2D eigenvalue weighted by Gasteiger charge is -2.13. The minimum atomic E-state index is -0.0989. The second kappa shape index (κ2) is 7.55. The van der Waals surface area contributed by atoms with E-state index in [1.54, 1.807) is 12.0 Å². The summed E-state index contributed by atoms with van der Waals surface area (Å²) in [6.07, 6.45) is 1.86. The Labute approximate surface area is 171 Å². The maximum absolute atomic E-state index is 12.7. The summed E-state index contributed by atoms with van der Waals surface area (Å²) < 4.78 is 7.69. The van der Waals surface area contributed by atoms with Crippen molar-refractivity contribution in [2.24, 2.45) is 0 Å². The molecule has 0 radical (unpaired) electrons. The van der Waals surface area contributed by atoms with Crippen LogP contribution in [0.4, 0.5) is 5.69 Å². The van der Waals surface area contributed by atoms with Gasteiger partial charge in [0.05, 0.1) is 25.7 Å². The second-order valence-electron chi connectivity index (χ2n) is 4.87. The van der Waals surface area contributed by atoms with Crippen LogP contribution in [0.25, 0.3) is 6.08 Å². The Kier molecular flexibility index (Phi) is 5.63. The van der Waals surface area contributed by atoms with Crippen molar-refractivity contribution in [3.8, 4) is 5.75 Å². The Morgan fingerprint density at radius 2 is 2.00 bits per heavy atom. The SMILES string of the molecule is COc1c(Br)cc(/C=C2/SC(=S)N(c3ccccc3)C2=O)cc1I. The Morgan fingerprint density at radius 3 is 2.62 bits per heavy atom. The van der Waals surface area contributed by atoms with Crippen molar-refractivity contribution < 1.29 is 9.53 Å². The Balaban J connectivity index is 1.95. The summed E-state index contributed by atoms with van der Waals surface area (Å²) in [5.41, 5.74) is 1.70. The van der Waals surface area contributed by atoms with Crippen LogP contribution < -0.4 is 9.64 Å². The molecule has 0 unspecified atom stereocenters. The zero-order valence-electron chi connectivity index (χ0n) is 12.5. The van der Waals surface area contributed by atoms with Crippen LogP contribution in [0.5, 0.6) is 5.75 Å². The number of hydrogen-bond acceptors (Lipinski definition) is 4. The summed E-state index contributed by atoms with van der Waals surface area (Å²) in [5, 5.41) is 0. The van der Waals surface area contributed by atoms with Crippen molar-refractivity contribution in [1.29, 1.82) is 0 Å². The normalized spacial score (nSPS) is 16.1. The maximum Gasteiger partial charge on any atom is 0.270 e. The van der Waals surface area contributed by atoms with Crippen molar-refractivity contribution in [1.82, 2.24) is 0 Å². The van der Waals surface area contributed by atoms with Crippen molar-refractivity contribution >= 4 is 84.5 Å². The molecule has 1 heterocycles. The molecule has 3 rings (SSSR count). The number of thioether (sulfide) groups is 1. The molecule has 2 aromatic rings. The molecule has 0 aromatic heterocycles. The summed E-state index contributed by atoms with van der Waals surface area (Å²) >= 11 is 12.4. The number of rotatable bonds is 3. The van der Waals surface area contributed by atoms with E-state index in [9.17, 15) is 4.79 Å². The van der Waals surface area contributed by atoms with Crippen LogP contribution in [0, 0.1) is 3.57 Å². The number of nitrogens with zero attached hydrogens (tertiary/aromatic N) is 1. The molecular weight excluding hydrogens is 521 g/mol. The molecule has 0 N–H and O–H groups in total. The van der Waals surface area contributed by atoms with E-state index in [0.29, 0.717) is 9.23 Å². The van der Waals surface area contributed by atoms with Crippen LogP contribution in [-0.4, -0.2) is 17.3 Å². The molecule has 7 heteroatoms. The summed E-state index contributed by atoms with van der Waals surface area (Å²) in [4.78, 5) is 14.9. The van der Waals surface area contributed by atoms with E-state index in [4.69, 9.17) is 17.0 Å². The van der Waals surface area contributed by atoms with Gasteiger partial charge in [0.15, 0.2) is 4.32 Å². The molecule has 0 aliphatic carbocycles. The molecule has 122 valence electrons. The lowest BCUT2D eigenvalue weighted by molar-refractivity contribution is -0.113. The quantitative estimate of drug-likeness (QED) is 0.298. The summed E-state index contributed by atoms with van der Waals surface area (Å²) in [7, 11) is 1.63. The molecule has 1 amide bonds. The van der Waals surface area contributed by atoms with Crippen LogP contribution in [0.3, 0.4) is 0 Å². The zero-order chi connectivity index (χ0) is 17.3. The van der Waals surface area contributed by atoms with E-state index in [0.717, 1.165) is 25.0 Å². The number of anilines is 1. The maximum atomic E-state index is 12.7. The van der Waals surface area contributed by atoms with Gasteiger partial charge in [-0.1, -0.05) is 42.2 Å². The molecule has 1 aliphatic rings. The van der Waals surface area contributed by atoms with E-state index in [1.165, 1.54) is 11.8 Å². The van der Waals surface area contributed by atoms with E-state index in [2.05, 4.69) is 38.5 Å². The highest BCUT2D eigenvalue weighted by molar-refractivity contribution is 14.1. The number of thiocarbonyl (C=S) groups is 1. The average Bonchev–Trinajstić information content (AvgIpc) is 2.82. The zero-order valence-corrected chi connectivity index (χ0v) is 17.8. The number of methoxy groups -OCH3 is 1. The molecule has 0 bridgehead atoms. The van der Waals surface area contributed by atoms with Crippen molar-refractivity contribution in [2.45, 2.75) is 0 Å². The first kappa shape index (κ1) is 17.9. The molecule has 3 nitrogen and oxygen atoms in total. The monoisotopic (exact) mass is 531 g/mol. The van der Waals surface area contributed by atoms with E-state index in [1.807, 2.05) is 48.5 Å². The van der Waals surface area contributed by atoms with Gasteiger partial charge in [-0.25, -0.2) is 0 Å². The smallest absolute Gasteiger partial charge is 0.270 e. The molecule has 24 heavy (non-hydrogen) atoms.